The van der Waals surface area contributed by atoms with Crippen LogP contribution in [0.4, 0.5) is 0 Å². The number of unbranched alkanes of at least 4 members (excludes halogenated alkanes) is 15. The summed E-state index contributed by atoms with van der Waals surface area (Å²) in [6, 6.07) is 32.0. The summed E-state index contributed by atoms with van der Waals surface area (Å²) in [5.74, 6) is 0. The summed E-state index contributed by atoms with van der Waals surface area (Å²) >= 11 is 0. The molecular weight excluding hydrogens is 443 g/mol. The second kappa shape index (κ2) is 21.8. The average Bonchev–Trinajstić information content (AvgIpc) is 2.96. The quantitative estimate of drug-likeness (QED) is 0.121. The average molecular weight is 497 g/mol. The molecule has 0 radical (unpaired) electrons. The monoisotopic (exact) mass is 496 g/mol. The van der Waals surface area contributed by atoms with E-state index in [0.717, 1.165) is 0 Å². The van der Waals surface area contributed by atoms with E-state index in [-0.39, 0.29) is 0 Å². The third kappa shape index (κ3) is 14.3. The van der Waals surface area contributed by atoms with Gasteiger partial charge < -0.3 is 0 Å². The predicted octanol–water partition coefficient (Wildman–Crippen LogP) is 9.47. The molecule has 0 heterocycles. The van der Waals surface area contributed by atoms with Crippen LogP contribution in [0, 0.1) is 0 Å². The molecule has 0 N–H and O–H groups in total. The molecule has 0 aromatic heterocycles. The molecule has 37 heavy (non-hydrogen) atoms. The van der Waals surface area contributed by atoms with Crippen LogP contribution in [0.2, 0.25) is 0 Å². The van der Waals surface area contributed by atoms with Crippen molar-refractivity contribution in [1.29, 1.82) is 0 Å². The second-order valence-corrected chi connectivity index (χ2v) is 10.6. The molecule has 0 aliphatic carbocycles. The summed E-state index contributed by atoms with van der Waals surface area (Å²) in [7, 11) is 0. The van der Waals surface area contributed by atoms with Gasteiger partial charge in [0.1, 0.15) is 0 Å². The molecule has 3 rings (SSSR count). The highest BCUT2D eigenvalue weighted by molar-refractivity contribution is 6.95. The van der Waals surface area contributed by atoms with Gasteiger partial charge in [0.05, 0.1) is 0 Å². The van der Waals surface area contributed by atoms with Gasteiger partial charge in [-0.15, -0.1) is 0 Å². The van der Waals surface area contributed by atoms with Gasteiger partial charge in [0.25, 0.3) is 0 Å². The maximum absolute atomic E-state index is 2.29. The molecule has 0 atom stereocenters. The highest BCUT2D eigenvalue weighted by Crippen LogP contribution is 2.13. The van der Waals surface area contributed by atoms with Crippen molar-refractivity contribution < 1.29 is 0 Å². The van der Waals surface area contributed by atoms with Crippen molar-refractivity contribution in [2.24, 2.45) is 0 Å². The fourth-order valence-corrected chi connectivity index (χ4v) is 5.14. The first-order chi connectivity index (χ1) is 18.4. The van der Waals surface area contributed by atoms with Crippen LogP contribution in [-0.2, 0) is 0 Å². The molecule has 0 amide bonds. The number of benzene rings is 3. The smallest absolute Gasteiger partial charge is 0.0687 e. The lowest BCUT2D eigenvalue weighted by atomic mass is 9.37. The van der Waals surface area contributed by atoms with E-state index in [0.29, 0.717) is 6.71 Å². The fraction of sp³-hybridized carbons (Fsp3) is 0.500. The van der Waals surface area contributed by atoms with E-state index in [1.165, 1.54) is 119 Å². The summed E-state index contributed by atoms with van der Waals surface area (Å²) in [5.41, 5.74) is 4.00. The van der Waals surface area contributed by atoms with E-state index in [2.05, 4.69) is 105 Å². The van der Waals surface area contributed by atoms with Crippen molar-refractivity contribution in [1.82, 2.24) is 0 Å². The van der Waals surface area contributed by atoms with Crippen LogP contribution in [0.5, 0.6) is 0 Å². The molecule has 0 bridgehead atoms. The Balaban J connectivity index is 0.000000261. The molecule has 0 nitrogen and oxygen atoms in total. The Labute approximate surface area is 230 Å². The second-order valence-electron chi connectivity index (χ2n) is 10.6. The van der Waals surface area contributed by atoms with Crippen LogP contribution in [0.1, 0.15) is 117 Å². The van der Waals surface area contributed by atoms with Crippen LogP contribution in [0.15, 0.2) is 91.0 Å². The Morgan fingerprint density at radius 2 is 0.541 bits per heavy atom. The van der Waals surface area contributed by atoms with Crippen LogP contribution >= 0.6 is 0 Å². The first-order valence-electron chi connectivity index (χ1n) is 15.5. The van der Waals surface area contributed by atoms with E-state index in [4.69, 9.17) is 0 Å². The Kier molecular flexibility index (Phi) is 18.2. The van der Waals surface area contributed by atoms with E-state index in [1.807, 2.05) is 0 Å². The standard InChI is InChI=1S/C18H15B.C18H38/c1-4-10-16(11-5-1)19(17-12-6-2-7-13-17)18-14-8-3-9-15-18;1-3-5-7-9-11-13-15-17-18-16-14-12-10-8-6-4-2/h1-15H;3-18H2,1-2H3. The van der Waals surface area contributed by atoms with Crippen molar-refractivity contribution in [3.63, 3.8) is 0 Å². The van der Waals surface area contributed by atoms with Crippen molar-refractivity contribution in [3.8, 4) is 0 Å². The lowest BCUT2D eigenvalue weighted by Crippen LogP contribution is -2.51. The highest BCUT2D eigenvalue weighted by atomic mass is 14.0. The predicted molar refractivity (Wildman–Crippen MR) is 169 cm³/mol. The fourth-order valence-electron chi connectivity index (χ4n) is 5.14. The summed E-state index contributed by atoms with van der Waals surface area (Å²) in [5, 5.41) is 0. The zero-order chi connectivity index (χ0) is 26.2. The van der Waals surface area contributed by atoms with Gasteiger partial charge in [-0.2, -0.15) is 0 Å². The SMILES string of the molecule is CCCCCCCCCCCCCCCCCC.c1ccc(B(c2ccccc2)c2ccccc2)cc1. The minimum atomic E-state index is 0.309. The first kappa shape index (κ1) is 30.9. The molecule has 0 saturated carbocycles. The Morgan fingerprint density at radius 1 is 0.324 bits per heavy atom. The van der Waals surface area contributed by atoms with Gasteiger partial charge in [0.2, 0.25) is 6.71 Å². The summed E-state index contributed by atoms with van der Waals surface area (Å²) < 4.78 is 0. The zero-order valence-electron chi connectivity index (χ0n) is 24.1. The maximum atomic E-state index is 2.29. The lowest BCUT2D eigenvalue weighted by Gasteiger charge is -2.15. The van der Waals surface area contributed by atoms with Crippen LogP contribution in [0.3, 0.4) is 0 Å². The van der Waals surface area contributed by atoms with Crippen molar-refractivity contribution >= 4 is 23.1 Å². The molecule has 0 saturated heterocycles. The van der Waals surface area contributed by atoms with Gasteiger partial charge in [-0.1, -0.05) is 224 Å². The van der Waals surface area contributed by atoms with Gasteiger partial charge in [0, 0.05) is 0 Å². The van der Waals surface area contributed by atoms with Crippen LogP contribution in [-0.4, -0.2) is 6.71 Å². The Morgan fingerprint density at radius 3 is 0.757 bits per heavy atom. The minimum absolute atomic E-state index is 0.309. The number of hydrogen-bond donors (Lipinski definition) is 0. The van der Waals surface area contributed by atoms with E-state index in [1.54, 1.807) is 0 Å². The zero-order valence-corrected chi connectivity index (χ0v) is 24.1. The maximum Gasteiger partial charge on any atom is 0.241 e. The Bertz CT molecular complexity index is 749. The molecule has 0 aliphatic heterocycles. The van der Waals surface area contributed by atoms with Gasteiger partial charge in [-0.3, -0.25) is 0 Å². The lowest BCUT2D eigenvalue weighted by molar-refractivity contribution is 0.531. The van der Waals surface area contributed by atoms with Crippen molar-refractivity contribution in [2.45, 2.75) is 117 Å². The van der Waals surface area contributed by atoms with Crippen LogP contribution < -0.4 is 16.4 Å². The molecule has 0 unspecified atom stereocenters. The summed E-state index contributed by atoms with van der Waals surface area (Å²) in [6.07, 6.45) is 23.4. The first-order valence-corrected chi connectivity index (χ1v) is 15.5. The van der Waals surface area contributed by atoms with Gasteiger partial charge in [0.15, 0.2) is 0 Å². The van der Waals surface area contributed by atoms with Gasteiger partial charge in [-0.25, -0.2) is 0 Å². The van der Waals surface area contributed by atoms with Gasteiger partial charge >= 0.3 is 0 Å². The van der Waals surface area contributed by atoms with Crippen molar-refractivity contribution in [2.75, 3.05) is 0 Å². The topological polar surface area (TPSA) is 0 Å². The molecule has 3 aromatic carbocycles. The third-order valence-electron chi connectivity index (χ3n) is 7.36. The minimum Gasteiger partial charge on any atom is -0.0687 e. The molecule has 1 heteroatoms. The Hall–Kier alpha value is -2.28. The number of rotatable bonds is 18. The largest absolute Gasteiger partial charge is 0.241 e. The van der Waals surface area contributed by atoms with E-state index >= 15 is 0 Å². The molecule has 3 aromatic rings. The normalized spacial score (nSPS) is 10.5. The van der Waals surface area contributed by atoms with Crippen LogP contribution in [0.25, 0.3) is 0 Å². The third-order valence-corrected chi connectivity index (χ3v) is 7.36. The molecule has 200 valence electrons. The van der Waals surface area contributed by atoms with E-state index < -0.39 is 0 Å². The van der Waals surface area contributed by atoms with Crippen molar-refractivity contribution in [3.05, 3.63) is 91.0 Å². The van der Waals surface area contributed by atoms with Gasteiger partial charge in [-0.05, 0) is 0 Å². The summed E-state index contributed by atoms with van der Waals surface area (Å²) in [6.45, 7) is 4.90. The number of hydrogen-bond acceptors (Lipinski definition) is 0. The molecule has 0 spiro atoms. The molecule has 0 fully saturated rings. The van der Waals surface area contributed by atoms with E-state index in [9.17, 15) is 0 Å². The molecular formula is C36H53B. The summed E-state index contributed by atoms with van der Waals surface area (Å²) in [4.78, 5) is 0. The highest BCUT2D eigenvalue weighted by Gasteiger charge is 2.20. The molecule has 0 aliphatic rings.